The zero-order valence-electron chi connectivity index (χ0n) is 44.9. The average molecular weight is 1100 g/mol. The topological polar surface area (TPSA) is 420 Å². The first-order valence-electron chi connectivity index (χ1n) is 26.7. The Morgan fingerprint density at radius 2 is 1.09 bits per heavy atom. The minimum Gasteiger partial charge on any atom is -0.508 e. The molecule has 0 spiro atoms. The summed E-state index contributed by atoms with van der Waals surface area (Å²) >= 11 is 0. The Labute approximate surface area is 453 Å². The van der Waals surface area contributed by atoms with Crippen molar-refractivity contribution in [3.05, 3.63) is 29.8 Å². The van der Waals surface area contributed by atoms with Crippen molar-refractivity contribution in [2.75, 3.05) is 20.3 Å². The van der Waals surface area contributed by atoms with Gasteiger partial charge in [-0.05, 0) is 49.3 Å². The summed E-state index contributed by atoms with van der Waals surface area (Å²) in [5.74, 6) is -11.8. The maximum absolute atomic E-state index is 14.3. The number of carbonyl (C=O) groups excluding carboxylic acids is 12. The van der Waals surface area contributed by atoms with Crippen molar-refractivity contribution in [2.45, 2.75) is 191 Å². The lowest BCUT2D eigenvalue weighted by molar-refractivity contribution is -0.144. The van der Waals surface area contributed by atoms with Crippen LogP contribution in [0.15, 0.2) is 24.3 Å². The molecule has 0 radical (unpaired) electrons. The molecular weight excluding hydrogens is 1020 g/mol. The largest absolute Gasteiger partial charge is 0.508 e. The third-order valence-corrected chi connectivity index (χ3v) is 13.4. The molecule has 1 aromatic rings. The molecule has 11 amide bonds. The van der Waals surface area contributed by atoms with Crippen LogP contribution < -0.4 is 54.4 Å². The fraction of sp³-hybridized carbons (Fsp3) is 0.654. The Bertz CT molecular complexity index is 2250. The predicted molar refractivity (Wildman–Crippen MR) is 280 cm³/mol. The fourth-order valence-corrected chi connectivity index (χ4v) is 9.14. The molecule has 8 unspecified atom stereocenters. The molecule has 15 N–H and O–H groups in total. The molecule has 2 heterocycles. The number of aromatic hydroxyl groups is 1. The number of nitrogens with one attached hydrogen (secondary N) is 7. The molecule has 26 nitrogen and oxygen atoms in total. The quantitative estimate of drug-likeness (QED) is 0.0403. The summed E-state index contributed by atoms with van der Waals surface area (Å²) in [4.78, 5) is 163. The molecule has 26 heteroatoms. The SMILES string of the molecule is COC(=O)CC1NC(=O)CC(CCCCCCCCCCCC(C)C)NC(=O)C(CC(N)=O)NC(=O)C(CO)NC(=O)C2CCCN2C(=O)C(CCC(N)=O)NC(=O)C(CC(N)=O)NC(=O)C(Cc2ccc(O)cc2)NC1=O. The highest BCUT2D eigenvalue weighted by atomic mass is 16.5. The zero-order chi connectivity index (χ0) is 57.9. The van der Waals surface area contributed by atoms with Gasteiger partial charge in [0.2, 0.25) is 65.0 Å². The first kappa shape index (κ1) is 64.9. The molecule has 2 aliphatic heterocycles. The van der Waals surface area contributed by atoms with Crippen LogP contribution in [0.25, 0.3) is 0 Å². The maximum atomic E-state index is 14.3. The number of phenols is 1. The normalized spacial score (nSPS) is 23.5. The van der Waals surface area contributed by atoms with Gasteiger partial charge in [-0.1, -0.05) is 90.2 Å². The number of methoxy groups -OCH3 is 1. The number of carbonyl (C=O) groups is 12. The molecule has 2 aliphatic rings. The van der Waals surface area contributed by atoms with Gasteiger partial charge in [-0.25, -0.2) is 0 Å². The van der Waals surface area contributed by atoms with Gasteiger partial charge in [-0.3, -0.25) is 57.5 Å². The predicted octanol–water partition coefficient (Wildman–Crippen LogP) is -1.76. The number of amides is 11. The van der Waals surface area contributed by atoms with Crippen molar-refractivity contribution in [3.8, 4) is 5.75 Å². The van der Waals surface area contributed by atoms with Crippen molar-refractivity contribution < 1.29 is 72.5 Å². The van der Waals surface area contributed by atoms with Crippen molar-refractivity contribution in [3.63, 3.8) is 0 Å². The van der Waals surface area contributed by atoms with Gasteiger partial charge in [0.25, 0.3) is 0 Å². The molecule has 8 atom stereocenters. The van der Waals surface area contributed by atoms with Gasteiger partial charge in [0.05, 0.1) is 33.0 Å². The van der Waals surface area contributed by atoms with Crippen molar-refractivity contribution >= 4 is 70.9 Å². The number of aliphatic hydroxyl groups is 1. The summed E-state index contributed by atoms with van der Waals surface area (Å²) in [7, 11) is 1.03. The van der Waals surface area contributed by atoms with Crippen LogP contribution in [-0.4, -0.2) is 155 Å². The molecule has 0 saturated carbocycles. The molecule has 0 aliphatic carbocycles. The summed E-state index contributed by atoms with van der Waals surface area (Å²) < 4.78 is 4.81. The van der Waals surface area contributed by atoms with Crippen LogP contribution in [0.2, 0.25) is 0 Å². The Morgan fingerprint density at radius 3 is 1.63 bits per heavy atom. The number of fused-ring (bicyclic) bond motifs is 1. The highest BCUT2D eigenvalue weighted by molar-refractivity contribution is 6.00. The second-order valence-electron chi connectivity index (χ2n) is 20.4. The van der Waals surface area contributed by atoms with Gasteiger partial charge in [-0.15, -0.1) is 0 Å². The van der Waals surface area contributed by atoms with Crippen molar-refractivity contribution in [1.29, 1.82) is 0 Å². The minimum atomic E-state index is -1.85. The zero-order valence-corrected chi connectivity index (χ0v) is 44.9. The Morgan fingerprint density at radius 1 is 0.603 bits per heavy atom. The highest BCUT2D eigenvalue weighted by Gasteiger charge is 2.41. The number of esters is 1. The summed E-state index contributed by atoms with van der Waals surface area (Å²) in [5, 5.41) is 37.4. The summed E-state index contributed by atoms with van der Waals surface area (Å²) in [6.45, 7) is 3.28. The Hall–Kier alpha value is -7.38. The number of rotatable bonds is 24. The monoisotopic (exact) mass is 1100 g/mol. The van der Waals surface area contributed by atoms with E-state index < -0.39 is 164 Å². The van der Waals surface area contributed by atoms with Crippen LogP contribution >= 0.6 is 0 Å². The molecule has 2 fully saturated rings. The van der Waals surface area contributed by atoms with Crippen LogP contribution in [0, 0.1) is 5.92 Å². The van der Waals surface area contributed by atoms with Crippen LogP contribution in [0.1, 0.15) is 141 Å². The standard InChI is InChI=1S/C52H81N11O15/c1-30(2)14-11-9-7-5-4-6-8-10-12-15-32-25-44(69)57-38(28-45(70)78-3)49(74)59-35(24-31-17-19-33(65)20-18-31)47(72)60-37(27-43(55)68)48(73)58-34(21-22-41(53)66)52(77)63-23-13-16-40(63)51(76)62-39(29-64)50(75)61-36(26-42(54)67)46(71)56-32/h17-20,30,32,34-40,64-65H,4-16,21-29H2,1-3H3,(H2,53,66)(H2,54,67)(H2,55,68)(H,56,71)(H,57,69)(H,58,73)(H,59,74)(H,60,72)(H,61,75)(H,62,76). The second kappa shape index (κ2) is 33.7. The number of nitrogens with two attached hydrogens (primary N) is 3. The van der Waals surface area contributed by atoms with E-state index in [2.05, 4.69) is 51.1 Å². The summed E-state index contributed by atoms with van der Waals surface area (Å²) in [5.41, 5.74) is 16.8. The van der Waals surface area contributed by atoms with E-state index in [0.717, 1.165) is 50.5 Å². The lowest BCUT2D eigenvalue weighted by atomic mass is 10.0. The van der Waals surface area contributed by atoms with Gasteiger partial charge < -0.3 is 74.3 Å². The first-order valence-corrected chi connectivity index (χ1v) is 26.7. The number of benzene rings is 1. The van der Waals surface area contributed by atoms with Crippen molar-refractivity contribution in [1.82, 2.24) is 42.1 Å². The third kappa shape index (κ3) is 23.5. The number of phenolic OH excluding ortho intramolecular Hbond substituents is 1. The number of nitrogens with zero attached hydrogens (tertiary/aromatic N) is 1. The minimum absolute atomic E-state index is 0.0169. The van der Waals surface area contributed by atoms with E-state index in [9.17, 15) is 67.7 Å². The highest BCUT2D eigenvalue weighted by Crippen LogP contribution is 2.21. The number of primary amides is 3. The summed E-state index contributed by atoms with van der Waals surface area (Å²) in [6, 6.07) is -7.33. The first-order chi connectivity index (χ1) is 37.0. The number of hydrogen-bond acceptors (Lipinski definition) is 15. The molecule has 2 saturated heterocycles. The molecule has 0 bridgehead atoms. The molecular formula is C52H81N11O15. The van der Waals surface area contributed by atoms with Crippen LogP contribution in [0.5, 0.6) is 5.75 Å². The number of aliphatic hydroxyl groups excluding tert-OH is 1. The van der Waals surface area contributed by atoms with E-state index >= 15 is 0 Å². The van der Waals surface area contributed by atoms with Gasteiger partial charge in [0.1, 0.15) is 48.0 Å². The van der Waals surface area contributed by atoms with Gasteiger partial charge >= 0.3 is 5.97 Å². The summed E-state index contributed by atoms with van der Waals surface area (Å²) in [6.07, 6.45) is 5.90. The van der Waals surface area contributed by atoms with E-state index in [1.54, 1.807) is 0 Å². The smallest absolute Gasteiger partial charge is 0.308 e. The molecule has 434 valence electrons. The van der Waals surface area contributed by atoms with Gasteiger partial charge in [0, 0.05) is 31.8 Å². The third-order valence-electron chi connectivity index (χ3n) is 13.4. The van der Waals surface area contributed by atoms with E-state index in [1.807, 2.05) is 0 Å². The number of unbranched alkanes of at least 4 members (excludes halogenated alkanes) is 8. The Balaban J connectivity index is 2.11. The lowest BCUT2D eigenvalue weighted by Gasteiger charge is -2.30. The van der Waals surface area contributed by atoms with Crippen LogP contribution in [-0.2, 0) is 68.7 Å². The number of hydrogen-bond donors (Lipinski definition) is 12. The molecule has 3 rings (SSSR count). The van der Waals surface area contributed by atoms with Crippen LogP contribution in [0.3, 0.4) is 0 Å². The fourth-order valence-electron chi connectivity index (χ4n) is 9.14. The van der Waals surface area contributed by atoms with E-state index in [1.165, 1.54) is 37.1 Å². The average Bonchev–Trinajstić information content (AvgIpc) is 3.88. The number of ether oxygens (including phenoxy) is 1. The van der Waals surface area contributed by atoms with E-state index in [0.29, 0.717) is 24.3 Å². The molecule has 0 aromatic heterocycles. The van der Waals surface area contributed by atoms with Crippen LogP contribution in [0.4, 0.5) is 0 Å². The lowest BCUT2D eigenvalue weighted by Crippen LogP contribution is -2.60. The van der Waals surface area contributed by atoms with Crippen molar-refractivity contribution in [2.24, 2.45) is 23.1 Å². The van der Waals surface area contributed by atoms with Gasteiger partial charge in [0.15, 0.2) is 0 Å². The maximum Gasteiger partial charge on any atom is 0.308 e. The van der Waals surface area contributed by atoms with E-state index in [4.69, 9.17) is 21.9 Å². The molecule has 1 aromatic carbocycles. The van der Waals surface area contributed by atoms with Gasteiger partial charge in [-0.2, -0.15) is 0 Å². The van der Waals surface area contributed by atoms with E-state index in [-0.39, 0.29) is 38.0 Å². The molecule has 78 heavy (non-hydrogen) atoms. The Kier molecular flexibility index (Phi) is 28.0. The second-order valence-corrected chi connectivity index (χ2v) is 20.4.